The van der Waals surface area contributed by atoms with E-state index in [9.17, 15) is 4.79 Å². The van der Waals surface area contributed by atoms with E-state index < -0.39 is 0 Å². The van der Waals surface area contributed by atoms with Crippen molar-refractivity contribution in [2.75, 3.05) is 0 Å². The number of hydrogen-bond donors (Lipinski definition) is 2. The molecule has 0 saturated carbocycles. The number of hydrazone groups is 1. The number of carbonyl (C=O) groups excluding carboxylic acids is 1. The number of amidine groups is 1. The lowest BCUT2D eigenvalue weighted by molar-refractivity contribution is -0.107. The van der Waals surface area contributed by atoms with Gasteiger partial charge in [0, 0.05) is 12.8 Å². The second-order valence-electron chi connectivity index (χ2n) is 5.92. The van der Waals surface area contributed by atoms with Crippen molar-refractivity contribution in [1.82, 2.24) is 0 Å². The smallest absolute Gasteiger partial charge is 0.119 e. The van der Waals surface area contributed by atoms with Crippen LogP contribution in [0.15, 0.2) is 5.10 Å². The molecule has 4 N–H and O–H groups in total. The van der Waals surface area contributed by atoms with Crippen molar-refractivity contribution in [3.05, 3.63) is 0 Å². The maximum absolute atomic E-state index is 10.2. The quantitative estimate of drug-likeness (QED) is 0.111. The van der Waals surface area contributed by atoms with Crippen molar-refractivity contribution in [2.24, 2.45) is 16.7 Å². The molecule has 0 aliphatic carbocycles. The zero-order chi connectivity index (χ0) is 15.6. The molecule has 0 atom stereocenters. The summed E-state index contributed by atoms with van der Waals surface area (Å²) >= 11 is 0. The summed E-state index contributed by atoms with van der Waals surface area (Å²) < 4.78 is 0. The van der Waals surface area contributed by atoms with Crippen molar-refractivity contribution in [2.45, 2.75) is 96.3 Å². The number of nitrogens with zero attached hydrogens (tertiary/aromatic N) is 1. The van der Waals surface area contributed by atoms with Crippen molar-refractivity contribution in [3.8, 4) is 0 Å². The van der Waals surface area contributed by atoms with E-state index in [-0.39, 0.29) is 0 Å². The molecule has 0 fully saturated rings. The Kier molecular flexibility index (Phi) is 16.1. The Morgan fingerprint density at radius 2 is 1.10 bits per heavy atom. The maximum Gasteiger partial charge on any atom is 0.119 e. The average Bonchev–Trinajstić information content (AvgIpc) is 2.50. The molecule has 0 aromatic rings. The van der Waals surface area contributed by atoms with E-state index in [2.05, 4.69) is 5.10 Å². The van der Waals surface area contributed by atoms with Gasteiger partial charge in [-0.15, -0.1) is 0 Å². The summed E-state index contributed by atoms with van der Waals surface area (Å²) in [7, 11) is 0. The van der Waals surface area contributed by atoms with Crippen molar-refractivity contribution >= 4 is 12.1 Å². The van der Waals surface area contributed by atoms with Gasteiger partial charge in [0.2, 0.25) is 0 Å². The molecule has 124 valence electrons. The summed E-state index contributed by atoms with van der Waals surface area (Å²) in [5.74, 6) is 5.65. The Balaban J connectivity index is 3.01. The lowest BCUT2D eigenvalue weighted by Crippen LogP contribution is -2.13. The fraction of sp³-hybridized carbons (Fsp3) is 0.882. The summed E-state index contributed by atoms with van der Waals surface area (Å²) in [5.41, 5.74) is 5.54. The van der Waals surface area contributed by atoms with E-state index in [1.54, 1.807) is 0 Å². The van der Waals surface area contributed by atoms with Gasteiger partial charge in [0.05, 0.1) is 0 Å². The highest BCUT2D eigenvalue weighted by atomic mass is 16.1. The van der Waals surface area contributed by atoms with Gasteiger partial charge in [-0.2, -0.15) is 5.10 Å². The molecular formula is C17H35N3O. The van der Waals surface area contributed by atoms with Crippen LogP contribution in [0.3, 0.4) is 0 Å². The average molecular weight is 297 g/mol. The number of aldehydes is 1. The predicted octanol–water partition coefficient (Wildman–Crippen LogP) is 4.27. The van der Waals surface area contributed by atoms with E-state index in [4.69, 9.17) is 11.6 Å². The van der Waals surface area contributed by atoms with Crippen LogP contribution in [-0.4, -0.2) is 12.1 Å². The number of rotatable bonds is 16. The SMILES string of the molecule is N/N=C(\N)CCCCCCCCCCCCCCCC=O. The Labute approximate surface area is 130 Å². The van der Waals surface area contributed by atoms with Gasteiger partial charge in [-0.1, -0.05) is 70.6 Å². The highest BCUT2D eigenvalue weighted by molar-refractivity contribution is 5.79. The Morgan fingerprint density at radius 1 is 0.714 bits per heavy atom. The van der Waals surface area contributed by atoms with Crippen LogP contribution in [0.25, 0.3) is 0 Å². The van der Waals surface area contributed by atoms with Crippen molar-refractivity contribution in [1.29, 1.82) is 0 Å². The zero-order valence-corrected chi connectivity index (χ0v) is 13.7. The predicted molar refractivity (Wildman–Crippen MR) is 91.1 cm³/mol. The lowest BCUT2D eigenvalue weighted by atomic mass is 10.0. The van der Waals surface area contributed by atoms with Crippen LogP contribution in [0.1, 0.15) is 96.3 Å². The molecular weight excluding hydrogens is 262 g/mol. The molecule has 0 aliphatic heterocycles. The van der Waals surface area contributed by atoms with Gasteiger partial charge in [0.25, 0.3) is 0 Å². The molecule has 0 radical (unpaired) electrons. The monoisotopic (exact) mass is 297 g/mol. The molecule has 0 bridgehead atoms. The maximum atomic E-state index is 10.2. The molecule has 0 aromatic heterocycles. The van der Waals surface area contributed by atoms with Gasteiger partial charge >= 0.3 is 0 Å². The topological polar surface area (TPSA) is 81.5 Å². The van der Waals surface area contributed by atoms with E-state index in [0.717, 1.165) is 32.0 Å². The van der Waals surface area contributed by atoms with Gasteiger partial charge in [-0.05, 0) is 12.8 Å². The van der Waals surface area contributed by atoms with Crippen LogP contribution in [0.4, 0.5) is 0 Å². The summed E-state index contributed by atoms with van der Waals surface area (Å²) in [4.78, 5) is 10.2. The highest BCUT2D eigenvalue weighted by Crippen LogP contribution is 2.13. The Hall–Kier alpha value is -1.06. The molecule has 0 rings (SSSR count). The number of hydrogen-bond acceptors (Lipinski definition) is 3. The molecule has 0 saturated heterocycles. The van der Waals surface area contributed by atoms with Crippen LogP contribution >= 0.6 is 0 Å². The normalized spacial score (nSPS) is 11.7. The molecule has 0 aliphatic rings. The van der Waals surface area contributed by atoms with Gasteiger partial charge in [-0.3, -0.25) is 0 Å². The van der Waals surface area contributed by atoms with E-state index in [1.807, 2.05) is 0 Å². The summed E-state index contributed by atoms with van der Waals surface area (Å²) in [6.45, 7) is 0. The van der Waals surface area contributed by atoms with Crippen molar-refractivity contribution in [3.63, 3.8) is 0 Å². The number of nitrogens with two attached hydrogens (primary N) is 2. The third-order valence-electron chi connectivity index (χ3n) is 3.92. The van der Waals surface area contributed by atoms with Gasteiger partial charge in [0.15, 0.2) is 0 Å². The minimum Gasteiger partial charge on any atom is -0.386 e. The van der Waals surface area contributed by atoms with E-state index in [0.29, 0.717) is 5.84 Å². The fourth-order valence-electron chi connectivity index (χ4n) is 2.54. The third-order valence-corrected chi connectivity index (χ3v) is 3.92. The lowest BCUT2D eigenvalue weighted by Gasteiger charge is -2.03. The summed E-state index contributed by atoms with van der Waals surface area (Å²) in [6, 6.07) is 0. The molecule has 0 spiro atoms. The number of carbonyl (C=O) groups is 1. The molecule has 0 unspecified atom stereocenters. The molecule has 0 aromatic carbocycles. The van der Waals surface area contributed by atoms with Crippen LogP contribution in [-0.2, 0) is 4.79 Å². The van der Waals surface area contributed by atoms with E-state index in [1.165, 1.54) is 70.6 Å². The summed E-state index contributed by atoms with van der Waals surface area (Å²) in [6.07, 6.45) is 19.4. The molecule has 0 heterocycles. The summed E-state index contributed by atoms with van der Waals surface area (Å²) in [5, 5.41) is 3.47. The highest BCUT2D eigenvalue weighted by Gasteiger charge is 1.95. The van der Waals surface area contributed by atoms with Gasteiger partial charge < -0.3 is 16.4 Å². The largest absolute Gasteiger partial charge is 0.386 e. The van der Waals surface area contributed by atoms with Gasteiger partial charge in [0.1, 0.15) is 12.1 Å². The fourth-order valence-corrected chi connectivity index (χ4v) is 2.54. The van der Waals surface area contributed by atoms with Crippen LogP contribution < -0.4 is 11.6 Å². The first kappa shape index (κ1) is 19.9. The zero-order valence-electron chi connectivity index (χ0n) is 13.7. The minimum atomic E-state index is 0.571. The Morgan fingerprint density at radius 3 is 1.48 bits per heavy atom. The standard InChI is InChI=1S/C17H35N3O/c18-17(20-19)15-13-11-9-7-5-3-1-2-4-6-8-10-12-14-16-21/h16H,1-15,19H2,(H2,18,20). The second-order valence-corrected chi connectivity index (χ2v) is 5.92. The number of unbranched alkanes of at least 4 members (excludes halogenated alkanes) is 13. The molecule has 4 nitrogen and oxygen atoms in total. The van der Waals surface area contributed by atoms with Gasteiger partial charge in [-0.25, -0.2) is 0 Å². The molecule has 21 heavy (non-hydrogen) atoms. The third kappa shape index (κ3) is 16.9. The second kappa shape index (κ2) is 17.0. The first-order valence-corrected chi connectivity index (χ1v) is 8.77. The van der Waals surface area contributed by atoms with Crippen LogP contribution in [0.5, 0.6) is 0 Å². The van der Waals surface area contributed by atoms with Crippen molar-refractivity contribution < 1.29 is 4.79 Å². The first-order valence-electron chi connectivity index (χ1n) is 8.77. The molecule has 0 amide bonds. The van der Waals surface area contributed by atoms with Crippen LogP contribution in [0.2, 0.25) is 0 Å². The first-order chi connectivity index (χ1) is 10.3. The minimum absolute atomic E-state index is 0.571. The van der Waals surface area contributed by atoms with Crippen LogP contribution in [0, 0.1) is 0 Å². The van der Waals surface area contributed by atoms with E-state index >= 15 is 0 Å². The molecule has 4 heteroatoms. The Bertz CT molecular complexity index is 254.